The Hall–Kier alpha value is -3.23. The lowest BCUT2D eigenvalue weighted by Crippen LogP contribution is -2.30. The van der Waals surface area contributed by atoms with Crippen molar-refractivity contribution in [2.45, 2.75) is 31.8 Å². The molecule has 3 rings (SSSR count). The zero-order valence-electron chi connectivity index (χ0n) is 18.3. The molecule has 0 radical (unpaired) electrons. The van der Waals surface area contributed by atoms with Crippen molar-refractivity contribution in [3.05, 3.63) is 90.0 Å². The quantitative estimate of drug-likeness (QED) is 0.479. The summed E-state index contributed by atoms with van der Waals surface area (Å²) in [6.45, 7) is 5.57. The summed E-state index contributed by atoms with van der Waals surface area (Å²) in [5, 5.41) is 2.90. The smallest absolute Gasteiger partial charge is 0.244 e. The molecule has 0 aliphatic rings. The van der Waals surface area contributed by atoms with Gasteiger partial charge in [-0.25, -0.2) is 13.4 Å². The predicted octanol–water partition coefficient (Wildman–Crippen LogP) is 3.29. The van der Waals surface area contributed by atoms with Gasteiger partial charge in [0, 0.05) is 44.6 Å². The predicted molar refractivity (Wildman–Crippen MR) is 125 cm³/mol. The number of nitrogens with zero attached hydrogens (tertiary/aromatic N) is 3. The number of hydrogen-bond donors (Lipinski definition) is 1. The first-order valence-electron chi connectivity index (χ1n) is 10.5. The van der Waals surface area contributed by atoms with Crippen molar-refractivity contribution in [3.8, 4) is 0 Å². The number of nitrogens with one attached hydrogen (secondary N) is 1. The van der Waals surface area contributed by atoms with E-state index in [-0.39, 0.29) is 10.8 Å². The highest BCUT2D eigenvalue weighted by molar-refractivity contribution is 7.89. The number of imidazole rings is 1. The molecule has 0 aliphatic heterocycles. The fourth-order valence-electron chi connectivity index (χ4n) is 3.34. The van der Waals surface area contributed by atoms with Gasteiger partial charge in [-0.15, -0.1) is 0 Å². The molecule has 168 valence electrons. The molecule has 8 heteroatoms. The summed E-state index contributed by atoms with van der Waals surface area (Å²) in [4.78, 5) is 16.6. The van der Waals surface area contributed by atoms with E-state index in [4.69, 9.17) is 0 Å². The molecular formula is C24H28N4O3S. The summed E-state index contributed by atoms with van der Waals surface area (Å²) < 4.78 is 28.5. The van der Waals surface area contributed by atoms with Gasteiger partial charge in [0.05, 0.1) is 11.2 Å². The Morgan fingerprint density at radius 3 is 2.38 bits per heavy atom. The first-order valence-corrected chi connectivity index (χ1v) is 12.0. The molecule has 1 amide bonds. The molecule has 7 nitrogen and oxygen atoms in total. The average Bonchev–Trinajstić information content (AvgIpc) is 3.31. The molecule has 0 atom stereocenters. The van der Waals surface area contributed by atoms with E-state index in [0.717, 1.165) is 16.7 Å². The van der Waals surface area contributed by atoms with E-state index in [9.17, 15) is 13.2 Å². The van der Waals surface area contributed by atoms with E-state index in [1.54, 1.807) is 42.9 Å². The zero-order valence-corrected chi connectivity index (χ0v) is 19.1. The second-order valence-corrected chi connectivity index (χ2v) is 9.15. The Morgan fingerprint density at radius 1 is 1.06 bits per heavy atom. The second kappa shape index (κ2) is 10.9. The summed E-state index contributed by atoms with van der Waals surface area (Å²) >= 11 is 0. The van der Waals surface area contributed by atoms with Gasteiger partial charge in [0.25, 0.3) is 0 Å². The molecule has 0 saturated carbocycles. The Balaban J connectivity index is 1.60. The molecular weight excluding hydrogens is 424 g/mol. The van der Waals surface area contributed by atoms with Gasteiger partial charge in [0.15, 0.2) is 0 Å². The topological polar surface area (TPSA) is 84.3 Å². The molecule has 1 aromatic heterocycles. The van der Waals surface area contributed by atoms with Gasteiger partial charge in [-0.05, 0) is 34.9 Å². The summed E-state index contributed by atoms with van der Waals surface area (Å²) in [6, 6.07) is 14.5. The summed E-state index contributed by atoms with van der Waals surface area (Å²) in [5.41, 5.74) is 2.90. The molecule has 3 aromatic rings. The van der Waals surface area contributed by atoms with Crippen LogP contribution in [0.3, 0.4) is 0 Å². The van der Waals surface area contributed by atoms with Crippen LogP contribution in [0.5, 0.6) is 0 Å². The molecule has 1 N–H and O–H groups in total. The van der Waals surface area contributed by atoms with E-state index in [0.29, 0.717) is 26.2 Å². The zero-order chi connectivity index (χ0) is 23.0. The third kappa shape index (κ3) is 5.93. The molecule has 32 heavy (non-hydrogen) atoms. The third-order valence-corrected chi connectivity index (χ3v) is 7.20. The van der Waals surface area contributed by atoms with E-state index >= 15 is 0 Å². The van der Waals surface area contributed by atoms with Gasteiger partial charge >= 0.3 is 0 Å². The molecule has 0 spiro atoms. The van der Waals surface area contributed by atoms with Crippen molar-refractivity contribution in [1.82, 2.24) is 19.2 Å². The molecule has 1 heterocycles. The van der Waals surface area contributed by atoms with Gasteiger partial charge in [-0.3, -0.25) is 4.79 Å². The van der Waals surface area contributed by atoms with Crippen LogP contribution < -0.4 is 5.32 Å². The Labute approximate surface area is 189 Å². The highest BCUT2D eigenvalue weighted by atomic mass is 32.2. The Kier molecular flexibility index (Phi) is 7.97. The number of carbonyl (C=O) groups is 1. The Bertz CT molecular complexity index is 1150. The minimum absolute atomic E-state index is 0.220. The van der Waals surface area contributed by atoms with Crippen LogP contribution in [0.1, 0.15) is 30.5 Å². The fourth-order valence-corrected chi connectivity index (χ4v) is 4.80. The van der Waals surface area contributed by atoms with Crippen LogP contribution in [0.25, 0.3) is 6.08 Å². The lowest BCUT2D eigenvalue weighted by atomic mass is 10.1. The summed E-state index contributed by atoms with van der Waals surface area (Å²) in [5.74, 6) is -0.220. The standard InChI is InChI=1S/C24H28N4O3S/c1-3-28(4-2)32(30,31)23-12-9-20(10-13-23)11-14-24(29)26-17-21-7-5-6-8-22(21)18-27-16-15-25-19-27/h5-16,19H,3-4,17-18H2,1-2H3,(H,26,29)/b14-11+. The number of amides is 1. The highest BCUT2D eigenvalue weighted by Crippen LogP contribution is 2.17. The minimum atomic E-state index is -3.49. The molecule has 2 aromatic carbocycles. The second-order valence-electron chi connectivity index (χ2n) is 7.21. The van der Waals surface area contributed by atoms with Crippen LogP contribution in [0.4, 0.5) is 0 Å². The largest absolute Gasteiger partial charge is 0.348 e. The number of aromatic nitrogens is 2. The van der Waals surface area contributed by atoms with Crippen molar-refractivity contribution in [1.29, 1.82) is 0 Å². The van der Waals surface area contributed by atoms with Crippen LogP contribution in [-0.2, 0) is 27.9 Å². The number of carbonyl (C=O) groups excluding carboxylic acids is 1. The van der Waals surface area contributed by atoms with Gasteiger partial charge in [-0.2, -0.15) is 4.31 Å². The number of benzene rings is 2. The molecule has 0 aliphatic carbocycles. The Morgan fingerprint density at radius 2 is 1.75 bits per heavy atom. The van der Waals surface area contributed by atoms with Crippen LogP contribution in [-0.4, -0.2) is 41.3 Å². The molecule has 0 fully saturated rings. The first kappa shape index (κ1) is 23.4. The van der Waals surface area contributed by atoms with E-state index in [2.05, 4.69) is 10.3 Å². The van der Waals surface area contributed by atoms with Crippen molar-refractivity contribution in [2.24, 2.45) is 0 Å². The van der Waals surface area contributed by atoms with Crippen LogP contribution >= 0.6 is 0 Å². The highest BCUT2D eigenvalue weighted by Gasteiger charge is 2.20. The van der Waals surface area contributed by atoms with Crippen molar-refractivity contribution in [2.75, 3.05) is 13.1 Å². The van der Waals surface area contributed by atoms with Crippen LogP contribution in [0.2, 0.25) is 0 Å². The number of hydrogen-bond acceptors (Lipinski definition) is 4. The van der Waals surface area contributed by atoms with Crippen molar-refractivity contribution in [3.63, 3.8) is 0 Å². The lowest BCUT2D eigenvalue weighted by molar-refractivity contribution is -0.116. The van der Waals surface area contributed by atoms with Crippen LogP contribution in [0, 0.1) is 0 Å². The van der Waals surface area contributed by atoms with Gasteiger partial charge in [0.1, 0.15) is 0 Å². The monoisotopic (exact) mass is 452 g/mol. The maximum atomic E-state index is 12.6. The maximum absolute atomic E-state index is 12.6. The average molecular weight is 453 g/mol. The van der Waals surface area contributed by atoms with Gasteiger partial charge in [-0.1, -0.05) is 50.2 Å². The van der Waals surface area contributed by atoms with E-state index in [1.165, 1.54) is 10.4 Å². The molecule has 0 unspecified atom stereocenters. The van der Waals surface area contributed by atoms with Gasteiger partial charge < -0.3 is 9.88 Å². The number of rotatable bonds is 10. The molecule has 0 saturated heterocycles. The van der Waals surface area contributed by atoms with E-state index in [1.807, 2.05) is 48.9 Å². The fraction of sp³-hybridized carbons (Fsp3) is 0.250. The van der Waals surface area contributed by atoms with Crippen LogP contribution in [0.15, 0.2) is 78.2 Å². The molecule has 0 bridgehead atoms. The SMILES string of the molecule is CCN(CC)S(=O)(=O)c1ccc(/C=C/C(=O)NCc2ccccc2Cn2ccnc2)cc1. The third-order valence-electron chi connectivity index (χ3n) is 5.13. The van der Waals surface area contributed by atoms with Crippen molar-refractivity contribution >= 4 is 22.0 Å². The van der Waals surface area contributed by atoms with Gasteiger partial charge in [0.2, 0.25) is 15.9 Å². The lowest BCUT2D eigenvalue weighted by Gasteiger charge is -2.18. The maximum Gasteiger partial charge on any atom is 0.244 e. The summed E-state index contributed by atoms with van der Waals surface area (Å²) in [7, 11) is -3.49. The van der Waals surface area contributed by atoms with E-state index < -0.39 is 10.0 Å². The normalized spacial score (nSPS) is 11.8. The van der Waals surface area contributed by atoms with Crippen molar-refractivity contribution < 1.29 is 13.2 Å². The first-order chi connectivity index (χ1) is 15.4. The summed E-state index contributed by atoms with van der Waals surface area (Å²) in [6.07, 6.45) is 8.51. The number of sulfonamides is 1. The minimum Gasteiger partial charge on any atom is -0.348 e.